The molecule has 0 amide bonds. The normalized spacial score (nSPS) is 9.27. The first kappa shape index (κ1) is 11.6. The summed E-state index contributed by atoms with van der Waals surface area (Å²) in [6, 6.07) is 3.82. The Morgan fingerprint density at radius 1 is 1.40 bits per heavy atom. The zero-order chi connectivity index (χ0) is 11.3. The van der Waals surface area contributed by atoms with Crippen LogP contribution in [0.1, 0.15) is 19.4 Å². The van der Waals surface area contributed by atoms with Crippen molar-refractivity contribution >= 4 is 12.2 Å². The molecule has 4 nitrogen and oxygen atoms in total. The summed E-state index contributed by atoms with van der Waals surface area (Å²) < 4.78 is 4.80. The number of rotatable bonds is 1. The first-order valence-corrected chi connectivity index (χ1v) is 5.15. The molecule has 80 valence electrons. The molecule has 0 aromatic carbocycles. The Balaban J connectivity index is 0.000000531. The molecule has 2 aromatic heterocycles. The summed E-state index contributed by atoms with van der Waals surface area (Å²) in [5, 5.41) is 2.60. The van der Waals surface area contributed by atoms with Gasteiger partial charge in [-0.15, -0.1) is 0 Å². The summed E-state index contributed by atoms with van der Waals surface area (Å²) in [5.74, 6) is 0.564. The second kappa shape index (κ2) is 5.41. The average Bonchev–Trinajstić information content (AvgIpc) is 2.68. The van der Waals surface area contributed by atoms with E-state index in [1.165, 1.54) is 0 Å². The van der Waals surface area contributed by atoms with Gasteiger partial charge in [-0.05, 0) is 36.8 Å². The number of aryl methyl sites for hydroxylation is 1. The lowest BCUT2D eigenvalue weighted by Crippen LogP contribution is -1.85. The van der Waals surface area contributed by atoms with Crippen molar-refractivity contribution in [1.29, 1.82) is 0 Å². The van der Waals surface area contributed by atoms with E-state index in [4.69, 9.17) is 16.7 Å². The van der Waals surface area contributed by atoms with E-state index in [0.29, 0.717) is 5.82 Å². The largest absolute Gasteiger partial charge is 0.348 e. The topological polar surface area (TPSA) is 54.7 Å². The van der Waals surface area contributed by atoms with Gasteiger partial charge in [0.1, 0.15) is 5.69 Å². The van der Waals surface area contributed by atoms with Crippen LogP contribution in [-0.2, 0) is 0 Å². The molecule has 0 radical (unpaired) electrons. The van der Waals surface area contributed by atoms with E-state index in [1.54, 1.807) is 6.20 Å². The Hall–Kier alpha value is -1.49. The van der Waals surface area contributed by atoms with Crippen molar-refractivity contribution in [2.75, 3.05) is 0 Å². The molecule has 0 aliphatic carbocycles. The van der Waals surface area contributed by atoms with Crippen LogP contribution in [0.15, 0.2) is 22.9 Å². The Labute approximate surface area is 93.4 Å². The van der Waals surface area contributed by atoms with E-state index in [2.05, 4.69) is 15.1 Å². The molecule has 0 saturated carbocycles. The lowest BCUT2D eigenvalue weighted by molar-refractivity contribution is 0.406. The van der Waals surface area contributed by atoms with Crippen LogP contribution in [-0.4, -0.2) is 15.1 Å². The van der Waals surface area contributed by atoms with Crippen LogP contribution in [0.4, 0.5) is 0 Å². The van der Waals surface area contributed by atoms with Gasteiger partial charge in [-0.25, -0.2) is 0 Å². The molecule has 15 heavy (non-hydrogen) atoms. The summed E-state index contributed by atoms with van der Waals surface area (Å²) in [6.07, 6.45) is 1.72. The summed E-state index contributed by atoms with van der Waals surface area (Å²) >= 11 is 4.73. The maximum Gasteiger partial charge on any atom is 0.314 e. The second-order valence-electron chi connectivity index (χ2n) is 2.65. The fourth-order valence-corrected chi connectivity index (χ4v) is 1.14. The third-order valence-corrected chi connectivity index (χ3v) is 1.77. The fourth-order valence-electron chi connectivity index (χ4n) is 1.00. The van der Waals surface area contributed by atoms with Crippen LogP contribution in [0.5, 0.6) is 0 Å². The van der Waals surface area contributed by atoms with Crippen LogP contribution in [0, 0.1) is 11.8 Å². The predicted octanol–water partition coefficient (Wildman–Crippen LogP) is 3.13. The Kier molecular flexibility index (Phi) is 4.17. The van der Waals surface area contributed by atoms with E-state index in [-0.39, 0.29) is 4.84 Å². The molecule has 2 rings (SSSR count). The van der Waals surface area contributed by atoms with Crippen LogP contribution in [0.2, 0.25) is 0 Å². The van der Waals surface area contributed by atoms with Gasteiger partial charge in [0.15, 0.2) is 5.82 Å². The van der Waals surface area contributed by atoms with Crippen LogP contribution in [0.25, 0.3) is 11.5 Å². The molecular formula is C10H13N3OS. The molecule has 0 aliphatic heterocycles. The Morgan fingerprint density at radius 3 is 2.67 bits per heavy atom. The summed E-state index contributed by atoms with van der Waals surface area (Å²) in [7, 11) is 0. The molecule has 0 bridgehead atoms. The van der Waals surface area contributed by atoms with Gasteiger partial charge in [0.25, 0.3) is 0 Å². The zero-order valence-electron chi connectivity index (χ0n) is 8.94. The van der Waals surface area contributed by atoms with Crippen molar-refractivity contribution in [3.8, 4) is 11.5 Å². The Morgan fingerprint density at radius 2 is 2.13 bits per heavy atom. The van der Waals surface area contributed by atoms with Crippen molar-refractivity contribution in [2.24, 2.45) is 0 Å². The standard InChI is InChI=1S/C8H7N3OS.C2H6/c1-5-2-3-9-6(4-5)7-10-8(13)12-11-7;1-2/h2-4H,1H3,(H,10,11,13);1-2H3. The maximum atomic E-state index is 4.80. The molecular weight excluding hydrogens is 210 g/mol. The molecule has 0 aliphatic rings. The number of hydrogen-bond donors (Lipinski definition) is 1. The highest BCUT2D eigenvalue weighted by Crippen LogP contribution is 2.12. The van der Waals surface area contributed by atoms with Crippen molar-refractivity contribution in [2.45, 2.75) is 20.8 Å². The second-order valence-corrected chi connectivity index (χ2v) is 3.00. The van der Waals surface area contributed by atoms with Crippen molar-refractivity contribution in [3.05, 3.63) is 28.7 Å². The van der Waals surface area contributed by atoms with Gasteiger partial charge >= 0.3 is 4.84 Å². The predicted molar refractivity (Wildman–Crippen MR) is 61.0 cm³/mol. The van der Waals surface area contributed by atoms with Crippen LogP contribution in [0.3, 0.4) is 0 Å². The number of pyridine rings is 1. The van der Waals surface area contributed by atoms with Crippen molar-refractivity contribution in [3.63, 3.8) is 0 Å². The average molecular weight is 223 g/mol. The number of H-pyrrole nitrogens is 1. The first-order chi connectivity index (χ1) is 7.25. The van der Waals surface area contributed by atoms with Gasteiger partial charge in [-0.3, -0.25) is 4.98 Å². The van der Waals surface area contributed by atoms with Crippen LogP contribution < -0.4 is 0 Å². The van der Waals surface area contributed by atoms with E-state index < -0.39 is 0 Å². The third-order valence-electron chi connectivity index (χ3n) is 1.60. The molecule has 0 saturated heterocycles. The molecule has 1 N–H and O–H groups in total. The van der Waals surface area contributed by atoms with Crippen LogP contribution >= 0.6 is 12.2 Å². The molecule has 0 atom stereocenters. The van der Waals surface area contributed by atoms with Crippen molar-refractivity contribution < 1.29 is 4.52 Å². The fraction of sp³-hybridized carbons (Fsp3) is 0.300. The van der Waals surface area contributed by atoms with E-state index in [9.17, 15) is 0 Å². The third kappa shape index (κ3) is 2.99. The lowest BCUT2D eigenvalue weighted by atomic mass is 10.2. The van der Waals surface area contributed by atoms with E-state index >= 15 is 0 Å². The number of aromatic amines is 1. The molecule has 2 aromatic rings. The molecule has 0 fully saturated rings. The van der Waals surface area contributed by atoms with Gasteiger partial charge in [0.2, 0.25) is 0 Å². The maximum absolute atomic E-state index is 4.80. The SMILES string of the molecule is CC.Cc1ccnc(-c2nc(=S)o[nH]2)c1. The summed E-state index contributed by atoms with van der Waals surface area (Å²) in [6.45, 7) is 5.99. The Bertz CT molecular complexity index is 475. The summed E-state index contributed by atoms with van der Waals surface area (Å²) in [5.41, 5.74) is 1.85. The minimum absolute atomic E-state index is 0.193. The minimum atomic E-state index is 0.193. The first-order valence-electron chi connectivity index (χ1n) is 4.74. The minimum Gasteiger partial charge on any atom is -0.348 e. The molecule has 2 heterocycles. The van der Waals surface area contributed by atoms with E-state index in [0.717, 1.165) is 11.3 Å². The lowest BCUT2D eigenvalue weighted by Gasteiger charge is -1.94. The van der Waals surface area contributed by atoms with Gasteiger partial charge in [-0.2, -0.15) is 10.1 Å². The molecule has 0 unspecified atom stereocenters. The number of aromatic nitrogens is 3. The van der Waals surface area contributed by atoms with Gasteiger partial charge < -0.3 is 4.52 Å². The quantitative estimate of drug-likeness (QED) is 0.755. The smallest absolute Gasteiger partial charge is 0.314 e. The highest BCUT2D eigenvalue weighted by Gasteiger charge is 2.02. The number of nitrogens with one attached hydrogen (secondary N) is 1. The monoisotopic (exact) mass is 223 g/mol. The number of nitrogens with zero attached hydrogens (tertiary/aromatic N) is 2. The van der Waals surface area contributed by atoms with E-state index in [1.807, 2.05) is 32.9 Å². The number of hydrogen-bond acceptors (Lipinski definition) is 4. The van der Waals surface area contributed by atoms with Crippen molar-refractivity contribution in [1.82, 2.24) is 15.1 Å². The van der Waals surface area contributed by atoms with Gasteiger partial charge in [0, 0.05) is 6.20 Å². The molecule has 5 heteroatoms. The molecule has 0 spiro atoms. The van der Waals surface area contributed by atoms with Gasteiger partial charge in [-0.1, -0.05) is 13.8 Å². The highest BCUT2D eigenvalue weighted by molar-refractivity contribution is 7.71. The zero-order valence-corrected chi connectivity index (χ0v) is 9.76. The van der Waals surface area contributed by atoms with Gasteiger partial charge in [0.05, 0.1) is 0 Å². The summed E-state index contributed by atoms with van der Waals surface area (Å²) in [4.78, 5) is 8.27. The highest BCUT2D eigenvalue weighted by atomic mass is 32.1.